The zero-order valence-electron chi connectivity index (χ0n) is 51.2. The zero-order valence-corrected chi connectivity index (χ0v) is 51.2. The number of aliphatic hydroxyl groups is 2. The van der Waals surface area contributed by atoms with Gasteiger partial charge < -0.3 is 14.9 Å². The number of aromatic nitrogens is 3. The standard InChI is InChI=1S/C26H22FN3O.C25H23FN2O.C25H24FNO2/c1-15(2)25-23(14-31)24(16-6-8-20(27)9-7-16)21-5-3-4-17-10-18(12-28)19(13-29)11-22(17)26(21)30-25;1-15(2)24-22(14-29)23(18-8-10-19(26)11-9-18)20-5-3-4-17-7-6-16(13-27)12-21(17)25(20)28-24;1-15(2)23-22(25(28)29-3)21(17-11-13-18(26)14-12-17)20-10-6-8-16-7-4-5-9-19(16)24(20)27-23/h6-11,15,31H,3-5,14H2,1-2H3;6-12,15,29H,3-5,14H2,1-2H3;4-5,7,9,11-15H,6,8,10H2,1-3H3. The molecule has 89 heavy (non-hydrogen) atoms. The summed E-state index contributed by atoms with van der Waals surface area (Å²) in [7, 11) is 1.39. The smallest absolute Gasteiger partial charge is 0.340 e. The molecule has 0 fully saturated rings. The molecule has 3 heterocycles. The minimum absolute atomic E-state index is 0.0315. The van der Waals surface area contributed by atoms with Crippen LogP contribution in [0.4, 0.5) is 13.2 Å². The van der Waals surface area contributed by atoms with E-state index in [2.05, 4.69) is 50.3 Å². The lowest BCUT2D eigenvalue weighted by Crippen LogP contribution is -2.14. The summed E-state index contributed by atoms with van der Waals surface area (Å²) in [6, 6.07) is 43.3. The Kier molecular flexibility index (Phi) is 19.1. The van der Waals surface area contributed by atoms with Crippen LogP contribution in [0.5, 0.6) is 0 Å². The third kappa shape index (κ3) is 12.6. The Balaban J connectivity index is 0.000000147. The first-order valence-electron chi connectivity index (χ1n) is 30.4. The average Bonchev–Trinajstić information content (AvgIpc) is 1.82. The second kappa shape index (κ2) is 27.2. The molecule has 0 unspecified atom stereocenters. The lowest BCUT2D eigenvalue weighted by Gasteiger charge is -2.22. The van der Waals surface area contributed by atoms with Gasteiger partial charge in [0.25, 0.3) is 0 Å². The van der Waals surface area contributed by atoms with Gasteiger partial charge in [0.1, 0.15) is 29.6 Å². The molecule has 0 amide bonds. The lowest BCUT2D eigenvalue weighted by molar-refractivity contribution is 0.0599. The van der Waals surface area contributed by atoms with Crippen LogP contribution >= 0.6 is 0 Å². The fraction of sp³-hybridized carbons (Fsp3) is 0.276. The number of fused-ring (bicyclic) bond motifs is 9. The van der Waals surface area contributed by atoms with Crippen LogP contribution < -0.4 is 0 Å². The summed E-state index contributed by atoms with van der Waals surface area (Å²) in [5, 5.41) is 49.0. The molecule has 12 rings (SSSR count). The van der Waals surface area contributed by atoms with Gasteiger partial charge in [0.2, 0.25) is 0 Å². The van der Waals surface area contributed by atoms with Crippen molar-refractivity contribution >= 4 is 5.97 Å². The number of rotatable bonds is 9. The Labute approximate surface area is 518 Å². The molecular weight excluding hydrogens is 1120 g/mol. The van der Waals surface area contributed by atoms with Crippen molar-refractivity contribution in [2.24, 2.45) is 0 Å². The van der Waals surface area contributed by atoms with Gasteiger partial charge in [0, 0.05) is 44.8 Å². The Morgan fingerprint density at radius 3 is 1.34 bits per heavy atom. The summed E-state index contributed by atoms with van der Waals surface area (Å²) in [4.78, 5) is 27.9. The van der Waals surface area contributed by atoms with Gasteiger partial charge in [-0.2, -0.15) is 15.8 Å². The molecule has 0 spiro atoms. The van der Waals surface area contributed by atoms with E-state index in [0.29, 0.717) is 27.9 Å². The van der Waals surface area contributed by atoms with Gasteiger partial charge in [-0.1, -0.05) is 108 Å². The molecular formula is C76H69F3N6O4. The van der Waals surface area contributed by atoms with Crippen molar-refractivity contribution in [3.05, 3.63) is 229 Å². The molecule has 9 aromatic rings. The maximum atomic E-state index is 13.6. The van der Waals surface area contributed by atoms with Crippen molar-refractivity contribution in [2.75, 3.05) is 7.11 Å². The Morgan fingerprint density at radius 2 is 0.888 bits per heavy atom. The molecule has 3 aliphatic rings. The maximum absolute atomic E-state index is 13.6. The minimum atomic E-state index is -0.402. The molecule has 6 aromatic carbocycles. The molecule has 2 N–H and O–H groups in total. The third-order valence-corrected chi connectivity index (χ3v) is 17.1. The monoisotopic (exact) mass is 1190 g/mol. The number of hydrogen-bond donors (Lipinski definition) is 2. The number of pyridine rings is 3. The van der Waals surface area contributed by atoms with E-state index in [1.807, 2.05) is 52.0 Å². The predicted molar refractivity (Wildman–Crippen MR) is 341 cm³/mol. The normalized spacial score (nSPS) is 12.7. The fourth-order valence-corrected chi connectivity index (χ4v) is 13.0. The average molecular weight is 1190 g/mol. The van der Waals surface area contributed by atoms with Crippen LogP contribution in [0, 0.1) is 51.4 Å². The highest BCUT2D eigenvalue weighted by atomic mass is 19.1. The number of carbonyl (C=O) groups excluding carboxylic acids is 1. The molecule has 13 heteroatoms. The second-order valence-corrected chi connectivity index (χ2v) is 23.7. The number of hydrogen-bond acceptors (Lipinski definition) is 10. The Morgan fingerprint density at radius 1 is 0.483 bits per heavy atom. The van der Waals surface area contributed by atoms with Crippen LogP contribution in [0.2, 0.25) is 0 Å². The molecule has 0 bridgehead atoms. The van der Waals surface area contributed by atoms with Crippen molar-refractivity contribution in [2.45, 2.75) is 130 Å². The number of methoxy groups -OCH3 is 1. The van der Waals surface area contributed by atoms with Gasteiger partial charge in [-0.3, -0.25) is 15.0 Å². The second-order valence-electron chi connectivity index (χ2n) is 23.7. The highest BCUT2D eigenvalue weighted by molar-refractivity contribution is 6.01. The van der Waals surface area contributed by atoms with Crippen molar-refractivity contribution in [3.8, 4) is 85.4 Å². The van der Waals surface area contributed by atoms with E-state index in [9.17, 15) is 44.0 Å². The number of nitriles is 3. The zero-order chi connectivity index (χ0) is 63.2. The number of ether oxygens (including phenoxy) is 1. The number of carbonyl (C=O) groups is 1. The molecule has 0 saturated heterocycles. The van der Waals surface area contributed by atoms with Gasteiger partial charge >= 0.3 is 5.97 Å². The molecule has 0 saturated carbocycles. The predicted octanol–water partition coefficient (Wildman–Crippen LogP) is 16.9. The van der Waals surface area contributed by atoms with Crippen molar-refractivity contribution in [3.63, 3.8) is 0 Å². The van der Waals surface area contributed by atoms with Crippen LogP contribution in [-0.4, -0.2) is 38.2 Å². The highest BCUT2D eigenvalue weighted by Crippen LogP contribution is 2.46. The quantitative estimate of drug-likeness (QED) is 0.132. The molecule has 448 valence electrons. The van der Waals surface area contributed by atoms with Crippen LogP contribution in [0.25, 0.3) is 67.2 Å². The van der Waals surface area contributed by atoms with Gasteiger partial charge in [-0.15, -0.1) is 0 Å². The first-order valence-corrected chi connectivity index (χ1v) is 30.4. The number of esters is 1. The molecule has 10 nitrogen and oxygen atoms in total. The number of nitrogens with zero attached hydrogens (tertiary/aromatic N) is 6. The van der Waals surface area contributed by atoms with Crippen molar-refractivity contribution in [1.82, 2.24) is 15.0 Å². The molecule has 0 radical (unpaired) electrons. The summed E-state index contributed by atoms with van der Waals surface area (Å²) in [5.41, 5.74) is 23.0. The summed E-state index contributed by atoms with van der Waals surface area (Å²) in [5.74, 6) is -1.09. The summed E-state index contributed by atoms with van der Waals surface area (Å²) in [6.45, 7) is 11.9. The van der Waals surface area contributed by atoms with Crippen LogP contribution in [0.15, 0.2) is 127 Å². The summed E-state index contributed by atoms with van der Waals surface area (Å²) in [6.07, 6.45) is 7.74. The minimum Gasteiger partial charge on any atom is -0.465 e. The highest BCUT2D eigenvalue weighted by Gasteiger charge is 2.31. The van der Waals surface area contributed by atoms with Gasteiger partial charge in [0.05, 0.1) is 71.4 Å². The molecule has 0 atom stereocenters. The van der Waals surface area contributed by atoms with Crippen molar-refractivity contribution < 1.29 is 32.9 Å². The topological polar surface area (TPSA) is 177 Å². The van der Waals surface area contributed by atoms with E-state index >= 15 is 0 Å². The van der Waals surface area contributed by atoms with Gasteiger partial charge in [-0.05, 0) is 197 Å². The van der Waals surface area contributed by atoms with E-state index in [4.69, 9.17) is 19.7 Å². The van der Waals surface area contributed by atoms with Crippen LogP contribution in [0.3, 0.4) is 0 Å². The Bertz CT molecular complexity index is 4310. The first-order chi connectivity index (χ1) is 43.0. The SMILES string of the molecule is CC(C)c1nc2c(c(-c3ccc(F)cc3)c1CO)CCCc1cc(C#N)c(C#N)cc1-2.CC(C)c1nc2c(c(-c3ccc(F)cc3)c1CO)CCCc1ccc(C#N)cc1-2.COC(=O)c1c(C(C)C)nc2c(c1-c1ccc(F)cc1)CCCc1ccccc1-2. The Hall–Kier alpha value is -9.58. The maximum Gasteiger partial charge on any atom is 0.340 e. The van der Waals surface area contributed by atoms with Crippen LogP contribution in [-0.2, 0) is 56.5 Å². The summed E-state index contributed by atoms with van der Waals surface area (Å²) >= 11 is 0. The summed E-state index contributed by atoms with van der Waals surface area (Å²) < 4.78 is 46.0. The molecule has 3 aliphatic carbocycles. The first kappa shape index (κ1) is 62.5. The van der Waals surface area contributed by atoms with E-state index < -0.39 is 5.97 Å². The third-order valence-electron chi connectivity index (χ3n) is 17.1. The van der Waals surface area contributed by atoms with Crippen molar-refractivity contribution in [1.29, 1.82) is 15.8 Å². The van der Waals surface area contributed by atoms with E-state index in [1.54, 1.807) is 48.5 Å². The van der Waals surface area contributed by atoms with E-state index in [1.165, 1.54) is 54.6 Å². The lowest BCUT2D eigenvalue weighted by atomic mass is 9.87. The fourth-order valence-electron chi connectivity index (χ4n) is 13.0. The van der Waals surface area contributed by atoms with Crippen LogP contribution in [0.1, 0.15) is 167 Å². The number of benzene rings is 6. The number of halogens is 3. The van der Waals surface area contributed by atoms with E-state index in [-0.39, 0.29) is 48.4 Å². The number of aryl methyl sites for hydroxylation is 3. The van der Waals surface area contributed by atoms with E-state index in [0.717, 1.165) is 170 Å². The molecule has 3 aromatic heterocycles. The van der Waals surface area contributed by atoms with Gasteiger partial charge in [0.15, 0.2) is 0 Å². The van der Waals surface area contributed by atoms with Gasteiger partial charge in [-0.25, -0.2) is 18.0 Å². The largest absolute Gasteiger partial charge is 0.465 e. The number of aliphatic hydroxyl groups excluding tert-OH is 2. The molecule has 0 aliphatic heterocycles.